The average Bonchev–Trinajstić information content (AvgIpc) is 2.53. The number of nitrogens with two attached hydrogens (primary N) is 1. The molecule has 2 aromatic rings. The molecule has 0 atom stereocenters. The lowest BCUT2D eigenvalue weighted by molar-refractivity contribution is 0.582. The Morgan fingerprint density at radius 2 is 2.23 bits per heavy atom. The highest BCUT2D eigenvalue weighted by molar-refractivity contribution is 6.29. The maximum absolute atomic E-state index is 5.73. The Labute approximate surface area is 80.1 Å². The lowest BCUT2D eigenvalue weighted by atomic mass is 10.2. The van der Waals surface area contributed by atoms with Gasteiger partial charge in [-0.3, -0.25) is 0 Å². The van der Waals surface area contributed by atoms with Gasteiger partial charge in [-0.25, -0.2) is 4.98 Å². The van der Waals surface area contributed by atoms with E-state index in [1.54, 1.807) is 24.5 Å². The first-order valence-electron chi connectivity index (χ1n) is 3.72. The summed E-state index contributed by atoms with van der Waals surface area (Å²) in [6.45, 7) is 0. The number of halogens is 1. The highest BCUT2D eigenvalue weighted by Gasteiger charge is 2.03. The van der Waals surface area contributed by atoms with Crippen molar-refractivity contribution < 1.29 is 4.42 Å². The number of furan rings is 1. The van der Waals surface area contributed by atoms with E-state index in [0.29, 0.717) is 11.0 Å². The van der Waals surface area contributed by atoms with E-state index < -0.39 is 0 Å². The van der Waals surface area contributed by atoms with Crippen molar-refractivity contribution in [2.24, 2.45) is 0 Å². The molecule has 0 aromatic carbocycles. The van der Waals surface area contributed by atoms with Crippen LogP contribution in [0.4, 0.5) is 5.82 Å². The zero-order valence-corrected chi connectivity index (χ0v) is 7.45. The number of pyridine rings is 1. The van der Waals surface area contributed by atoms with Crippen LogP contribution in [0.25, 0.3) is 11.3 Å². The summed E-state index contributed by atoms with van der Waals surface area (Å²) < 4.78 is 5.19. The molecule has 0 spiro atoms. The number of hydrogen-bond acceptors (Lipinski definition) is 3. The van der Waals surface area contributed by atoms with Crippen LogP contribution in [0.1, 0.15) is 0 Å². The molecule has 0 bridgehead atoms. The number of rotatable bonds is 1. The maximum atomic E-state index is 5.73. The van der Waals surface area contributed by atoms with Crippen molar-refractivity contribution in [1.29, 1.82) is 0 Å². The van der Waals surface area contributed by atoms with Crippen LogP contribution in [-0.2, 0) is 0 Å². The van der Waals surface area contributed by atoms with Crippen LogP contribution in [-0.4, -0.2) is 4.98 Å². The Morgan fingerprint density at radius 1 is 1.38 bits per heavy atom. The number of nitrogens with zero attached hydrogens (tertiary/aromatic N) is 1. The Hall–Kier alpha value is -1.48. The first-order valence-corrected chi connectivity index (χ1v) is 4.10. The van der Waals surface area contributed by atoms with Gasteiger partial charge in [-0.2, -0.15) is 0 Å². The Kier molecular flexibility index (Phi) is 1.94. The van der Waals surface area contributed by atoms with Crippen molar-refractivity contribution in [3.63, 3.8) is 0 Å². The summed E-state index contributed by atoms with van der Waals surface area (Å²) in [6, 6.07) is 7.06. The first kappa shape index (κ1) is 8.13. The Morgan fingerprint density at radius 3 is 2.85 bits per heavy atom. The van der Waals surface area contributed by atoms with E-state index in [0.717, 1.165) is 11.3 Å². The molecule has 13 heavy (non-hydrogen) atoms. The van der Waals surface area contributed by atoms with Gasteiger partial charge in [-0.05, 0) is 24.3 Å². The van der Waals surface area contributed by atoms with Crippen LogP contribution in [0.3, 0.4) is 0 Å². The molecule has 0 aliphatic rings. The standard InChI is InChI=1S/C9H7ClN2O/c10-8-4-6(5-9(11)12-8)7-2-1-3-13-7/h1-5H,(H2,11,12). The number of nitrogen functional groups attached to an aromatic ring is 1. The number of hydrogen-bond donors (Lipinski definition) is 1. The predicted octanol–water partition coefficient (Wildman–Crippen LogP) is 2.58. The summed E-state index contributed by atoms with van der Waals surface area (Å²) >= 11 is 5.73. The Bertz CT molecular complexity index is 391. The summed E-state index contributed by atoms with van der Waals surface area (Å²) in [5, 5.41) is 0.367. The zero-order chi connectivity index (χ0) is 9.26. The maximum Gasteiger partial charge on any atom is 0.134 e. The molecule has 0 fully saturated rings. The van der Waals surface area contributed by atoms with E-state index in [-0.39, 0.29) is 0 Å². The van der Waals surface area contributed by atoms with Crippen LogP contribution in [0.2, 0.25) is 5.15 Å². The molecule has 2 aromatic heterocycles. The van der Waals surface area contributed by atoms with Crippen LogP contribution >= 0.6 is 11.6 Å². The van der Waals surface area contributed by atoms with Crippen molar-refractivity contribution in [1.82, 2.24) is 4.98 Å². The number of aromatic nitrogens is 1. The lowest BCUT2D eigenvalue weighted by Crippen LogP contribution is -1.90. The van der Waals surface area contributed by atoms with Crippen molar-refractivity contribution >= 4 is 17.4 Å². The summed E-state index contributed by atoms with van der Waals surface area (Å²) in [5.74, 6) is 1.12. The van der Waals surface area contributed by atoms with Gasteiger partial charge in [0.15, 0.2) is 0 Å². The molecular formula is C9H7ClN2O. The van der Waals surface area contributed by atoms with Crippen molar-refractivity contribution in [3.05, 3.63) is 35.7 Å². The minimum atomic E-state index is 0.367. The van der Waals surface area contributed by atoms with Gasteiger partial charge in [0, 0.05) is 5.56 Å². The van der Waals surface area contributed by atoms with Crippen LogP contribution < -0.4 is 5.73 Å². The molecular weight excluding hydrogens is 188 g/mol. The molecule has 0 radical (unpaired) electrons. The van der Waals surface area contributed by atoms with Crippen LogP contribution in [0.5, 0.6) is 0 Å². The summed E-state index contributed by atoms with van der Waals surface area (Å²) in [5.41, 5.74) is 6.36. The fraction of sp³-hybridized carbons (Fsp3) is 0. The third kappa shape index (κ3) is 1.65. The second-order valence-electron chi connectivity index (χ2n) is 2.58. The molecule has 2 N–H and O–H groups in total. The van der Waals surface area contributed by atoms with E-state index in [9.17, 15) is 0 Å². The minimum absolute atomic E-state index is 0.367. The van der Waals surface area contributed by atoms with Gasteiger partial charge < -0.3 is 10.2 Å². The summed E-state index contributed by atoms with van der Waals surface area (Å²) in [7, 11) is 0. The van der Waals surface area contributed by atoms with E-state index in [4.69, 9.17) is 21.8 Å². The minimum Gasteiger partial charge on any atom is -0.464 e. The summed E-state index contributed by atoms with van der Waals surface area (Å²) in [4.78, 5) is 3.85. The fourth-order valence-electron chi connectivity index (χ4n) is 1.10. The fourth-order valence-corrected chi connectivity index (χ4v) is 1.32. The van der Waals surface area contributed by atoms with Crippen LogP contribution in [0, 0.1) is 0 Å². The van der Waals surface area contributed by atoms with E-state index in [1.807, 2.05) is 6.07 Å². The van der Waals surface area contributed by atoms with Crippen molar-refractivity contribution in [2.45, 2.75) is 0 Å². The molecule has 66 valence electrons. The van der Waals surface area contributed by atoms with Gasteiger partial charge in [0.05, 0.1) is 6.26 Å². The van der Waals surface area contributed by atoms with Crippen molar-refractivity contribution in [3.8, 4) is 11.3 Å². The second-order valence-corrected chi connectivity index (χ2v) is 2.97. The lowest BCUT2D eigenvalue weighted by Gasteiger charge is -1.98. The predicted molar refractivity (Wildman–Crippen MR) is 51.4 cm³/mol. The number of anilines is 1. The molecule has 0 aliphatic heterocycles. The first-order chi connectivity index (χ1) is 6.25. The Balaban J connectivity index is 2.53. The van der Waals surface area contributed by atoms with E-state index >= 15 is 0 Å². The van der Waals surface area contributed by atoms with Crippen molar-refractivity contribution in [2.75, 3.05) is 5.73 Å². The monoisotopic (exact) mass is 194 g/mol. The molecule has 0 saturated carbocycles. The van der Waals surface area contributed by atoms with Gasteiger partial charge >= 0.3 is 0 Å². The van der Waals surface area contributed by atoms with Gasteiger partial charge in [0.25, 0.3) is 0 Å². The molecule has 0 unspecified atom stereocenters. The molecule has 2 heterocycles. The molecule has 0 aliphatic carbocycles. The third-order valence-electron chi connectivity index (χ3n) is 1.62. The topological polar surface area (TPSA) is 52.0 Å². The van der Waals surface area contributed by atoms with Gasteiger partial charge in [-0.15, -0.1) is 0 Å². The van der Waals surface area contributed by atoms with E-state index in [2.05, 4.69) is 4.98 Å². The highest BCUT2D eigenvalue weighted by Crippen LogP contribution is 2.23. The SMILES string of the molecule is Nc1cc(-c2ccco2)cc(Cl)n1. The smallest absolute Gasteiger partial charge is 0.134 e. The summed E-state index contributed by atoms with van der Waals surface area (Å²) in [6.07, 6.45) is 1.60. The molecule has 0 amide bonds. The largest absolute Gasteiger partial charge is 0.464 e. The van der Waals surface area contributed by atoms with Gasteiger partial charge in [-0.1, -0.05) is 11.6 Å². The zero-order valence-electron chi connectivity index (χ0n) is 6.70. The highest BCUT2D eigenvalue weighted by atomic mass is 35.5. The molecule has 2 rings (SSSR count). The van der Waals surface area contributed by atoms with Gasteiger partial charge in [0.2, 0.25) is 0 Å². The average molecular weight is 195 g/mol. The molecule has 0 saturated heterocycles. The second kappa shape index (κ2) is 3.11. The van der Waals surface area contributed by atoms with Crippen LogP contribution in [0.15, 0.2) is 34.9 Å². The van der Waals surface area contributed by atoms with E-state index in [1.165, 1.54) is 0 Å². The quantitative estimate of drug-likeness (QED) is 0.710. The third-order valence-corrected chi connectivity index (χ3v) is 1.81. The normalized spacial score (nSPS) is 10.2. The molecule has 4 heteroatoms. The van der Waals surface area contributed by atoms with Gasteiger partial charge in [0.1, 0.15) is 16.7 Å². The molecule has 3 nitrogen and oxygen atoms in total.